The smallest absolute Gasteiger partial charge is 0.109 e. The van der Waals surface area contributed by atoms with E-state index in [2.05, 4.69) is 52.1 Å². The molecule has 0 bridgehead atoms. The normalized spacial score (nSPS) is 29.0. The van der Waals surface area contributed by atoms with Crippen molar-refractivity contribution in [1.82, 2.24) is 0 Å². The van der Waals surface area contributed by atoms with Gasteiger partial charge in [0.25, 0.3) is 0 Å². The van der Waals surface area contributed by atoms with Crippen LogP contribution < -0.4 is 5.32 Å². The summed E-state index contributed by atoms with van der Waals surface area (Å²) in [6.45, 7) is 13.7. The summed E-state index contributed by atoms with van der Waals surface area (Å²) in [5.74, 6) is 0.700. The Morgan fingerprint density at radius 2 is 1.88 bits per heavy atom. The molecule has 1 aliphatic heterocycles. The zero-order chi connectivity index (χ0) is 17.8. The maximum absolute atomic E-state index is 6.11. The molecule has 0 radical (unpaired) electrons. The molecule has 0 amide bonds. The number of rotatable bonds is 7. The van der Waals surface area contributed by atoms with Gasteiger partial charge in [0.2, 0.25) is 0 Å². The number of hydrogen-bond donors (Lipinski definition) is 1. The van der Waals surface area contributed by atoms with Gasteiger partial charge in [-0.05, 0) is 56.6 Å². The first kappa shape index (κ1) is 19.8. The Hall–Kier alpha value is -0.570. The predicted octanol–water partition coefficient (Wildman–Crippen LogP) is 4.98. The Morgan fingerprint density at radius 3 is 2.46 bits per heavy atom. The molecular weight excluding hydrogens is 318 g/mol. The summed E-state index contributed by atoms with van der Waals surface area (Å²) in [4.78, 5) is 0. The lowest BCUT2D eigenvalue weighted by atomic mass is 9.64. The minimum atomic E-state index is 0.0598. The number of halogens is 1. The molecule has 0 saturated carbocycles. The largest absolute Gasteiger partial charge is 0.375 e. The second-order valence-electron chi connectivity index (χ2n) is 8.21. The molecule has 1 aromatic carbocycles. The minimum Gasteiger partial charge on any atom is -0.375 e. The van der Waals surface area contributed by atoms with Crippen molar-refractivity contribution in [1.29, 1.82) is 0 Å². The van der Waals surface area contributed by atoms with Gasteiger partial charge in [-0.3, -0.25) is 0 Å². The first-order chi connectivity index (χ1) is 11.3. The quantitative estimate of drug-likeness (QED) is 0.736. The van der Waals surface area contributed by atoms with Gasteiger partial charge in [0.15, 0.2) is 0 Å². The van der Waals surface area contributed by atoms with Crippen LogP contribution in [-0.2, 0) is 4.74 Å². The third kappa shape index (κ3) is 4.74. The van der Waals surface area contributed by atoms with Crippen LogP contribution in [0.25, 0.3) is 0 Å². The fourth-order valence-electron chi connectivity index (χ4n) is 4.13. The van der Waals surface area contributed by atoms with Crippen LogP contribution in [0.15, 0.2) is 24.3 Å². The predicted molar refractivity (Wildman–Crippen MR) is 102 cm³/mol. The lowest BCUT2D eigenvalue weighted by molar-refractivity contribution is -0.694. The number of hydrogen-bond acceptors (Lipinski definition) is 1. The van der Waals surface area contributed by atoms with E-state index in [9.17, 15) is 0 Å². The highest BCUT2D eigenvalue weighted by atomic mass is 35.5. The molecule has 24 heavy (non-hydrogen) atoms. The number of quaternary nitrogens is 1. The summed E-state index contributed by atoms with van der Waals surface area (Å²) in [7, 11) is 0. The standard InChI is InChI=1S/C21H34ClNO/c1-6-20(5)15-21(16(2)3,12-14-24-20)11-13-23-17(4)18-7-9-19(22)10-8-18/h7-10,16-17,23H,6,11-15H2,1-5H3/p+1/t17-,20+,21-/m0/s1. The second-order valence-corrected chi connectivity index (χ2v) is 8.65. The van der Waals surface area contributed by atoms with Crippen molar-refractivity contribution in [2.45, 2.75) is 71.9 Å². The average Bonchev–Trinajstić information content (AvgIpc) is 2.55. The lowest BCUT2D eigenvalue weighted by Gasteiger charge is -2.48. The molecule has 1 heterocycles. The van der Waals surface area contributed by atoms with Crippen molar-refractivity contribution < 1.29 is 10.1 Å². The molecule has 3 atom stereocenters. The Kier molecular flexibility index (Phi) is 6.75. The average molecular weight is 353 g/mol. The summed E-state index contributed by atoms with van der Waals surface area (Å²) in [6.07, 6.45) is 4.76. The van der Waals surface area contributed by atoms with E-state index in [0.717, 1.165) is 18.1 Å². The molecule has 136 valence electrons. The molecule has 1 aliphatic rings. The second kappa shape index (κ2) is 8.21. The first-order valence-electron chi connectivity index (χ1n) is 9.53. The highest BCUT2D eigenvalue weighted by Crippen LogP contribution is 2.47. The molecule has 0 spiro atoms. The van der Waals surface area contributed by atoms with Crippen LogP contribution in [0.2, 0.25) is 5.02 Å². The summed E-state index contributed by atoms with van der Waals surface area (Å²) in [5.41, 5.74) is 1.83. The highest BCUT2D eigenvalue weighted by Gasteiger charge is 2.44. The highest BCUT2D eigenvalue weighted by molar-refractivity contribution is 6.30. The zero-order valence-corrected chi connectivity index (χ0v) is 16.8. The van der Waals surface area contributed by atoms with E-state index in [1.165, 1.54) is 31.4 Å². The van der Waals surface area contributed by atoms with Gasteiger partial charge in [0, 0.05) is 23.6 Å². The molecule has 1 fully saturated rings. The van der Waals surface area contributed by atoms with Crippen molar-refractivity contribution in [2.75, 3.05) is 13.2 Å². The fraction of sp³-hybridized carbons (Fsp3) is 0.714. The van der Waals surface area contributed by atoms with Crippen LogP contribution in [-0.4, -0.2) is 18.8 Å². The Balaban J connectivity index is 1.95. The van der Waals surface area contributed by atoms with Gasteiger partial charge < -0.3 is 10.1 Å². The van der Waals surface area contributed by atoms with E-state index < -0.39 is 0 Å². The van der Waals surface area contributed by atoms with Crippen molar-refractivity contribution >= 4 is 11.6 Å². The lowest BCUT2D eigenvalue weighted by Crippen LogP contribution is -2.85. The van der Waals surface area contributed by atoms with Crippen molar-refractivity contribution in [3.63, 3.8) is 0 Å². The molecule has 1 aromatic rings. The molecule has 2 nitrogen and oxygen atoms in total. The molecular formula is C21H35ClNO+. The van der Waals surface area contributed by atoms with Crippen LogP contribution in [0.5, 0.6) is 0 Å². The van der Waals surface area contributed by atoms with E-state index >= 15 is 0 Å². The SMILES string of the molecule is CC[C@]1(C)C[C@@](CC[NH2+][C@@H](C)c2ccc(Cl)cc2)(C(C)C)CCO1. The maximum Gasteiger partial charge on any atom is 0.109 e. The van der Waals surface area contributed by atoms with Crippen molar-refractivity contribution in [2.24, 2.45) is 11.3 Å². The third-order valence-electron chi connectivity index (χ3n) is 6.31. The van der Waals surface area contributed by atoms with Gasteiger partial charge in [-0.2, -0.15) is 0 Å². The summed E-state index contributed by atoms with van der Waals surface area (Å²) in [5, 5.41) is 3.29. The summed E-state index contributed by atoms with van der Waals surface area (Å²) in [6, 6.07) is 8.74. The molecule has 2 N–H and O–H groups in total. The van der Waals surface area contributed by atoms with Gasteiger partial charge in [-0.25, -0.2) is 0 Å². The Morgan fingerprint density at radius 1 is 1.21 bits per heavy atom. The van der Waals surface area contributed by atoms with Gasteiger partial charge in [-0.1, -0.05) is 44.5 Å². The van der Waals surface area contributed by atoms with Gasteiger partial charge in [-0.15, -0.1) is 0 Å². The van der Waals surface area contributed by atoms with E-state index in [1.807, 2.05) is 12.1 Å². The van der Waals surface area contributed by atoms with Gasteiger partial charge in [0.05, 0.1) is 12.1 Å². The minimum absolute atomic E-state index is 0.0598. The first-order valence-corrected chi connectivity index (χ1v) is 9.91. The fourth-order valence-corrected chi connectivity index (χ4v) is 4.26. The van der Waals surface area contributed by atoms with Gasteiger partial charge >= 0.3 is 0 Å². The van der Waals surface area contributed by atoms with Gasteiger partial charge in [0.1, 0.15) is 6.04 Å². The molecule has 2 rings (SSSR count). The topological polar surface area (TPSA) is 25.8 Å². The molecule has 3 heteroatoms. The van der Waals surface area contributed by atoms with E-state index in [1.54, 1.807) is 0 Å². The zero-order valence-electron chi connectivity index (χ0n) is 16.1. The molecule has 0 aromatic heterocycles. The summed E-state index contributed by atoms with van der Waals surface area (Å²) < 4.78 is 6.11. The van der Waals surface area contributed by atoms with Crippen molar-refractivity contribution in [3.8, 4) is 0 Å². The van der Waals surface area contributed by atoms with Crippen LogP contribution >= 0.6 is 11.6 Å². The van der Waals surface area contributed by atoms with E-state index in [0.29, 0.717) is 17.4 Å². The number of nitrogens with two attached hydrogens (primary N) is 1. The molecule has 0 unspecified atom stereocenters. The van der Waals surface area contributed by atoms with Crippen LogP contribution in [0.4, 0.5) is 0 Å². The third-order valence-corrected chi connectivity index (χ3v) is 6.56. The maximum atomic E-state index is 6.11. The van der Waals surface area contributed by atoms with E-state index in [4.69, 9.17) is 16.3 Å². The van der Waals surface area contributed by atoms with Crippen LogP contribution in [0.1, 0.15) is 71.9 Å². The molecule has 0 aliphatic carbocycles. The monoisotopic (exact) mass is 352 g/mol. The number of benzene rings is 1. The summed E-state index contributed by atoms with van der Waals surface area (Å²) >= 11 is 5.99. The molecule has 1 saturated heterocycles. The Labute approximate surface area is 153 Å². The number of ether oxygens (including phenoxy) is 1. The van der Waals surface area contributed by atoms with Crippen LogP contribution in [0.3, 0.4) is 0 Å². The van der Waals surface area contributed by atoms with Crippen LogP contribution in [0, 0.1) is 11.3 Å². The van der Waals surface area contributed by atoms with E-state index in [-0.39, 0.29) is 5.60 Å². The van der Waals surface area contributed by atoms with Crippen molar-refractivity contribution in [3.05, 3.63) is 34.9 Å². The Bertz CT molecular complexity index is 515.